The summed E-state index contributed by atoms with van der Waals surface area (Å²) in [5.41, 5.74) is 5.75. The molecule has 2 atom stereocenters. The van der Waals surface area contributed by atoms with Crippen molar-refractivity contribution in [2.75, 3.05) is 33.4 Å². The molecule has 4 nitrogen and oxygen atoms in total. The Labute approximate surface area is 115 Å². The predicted octanol–water partition coefficient (Wildman–Crippen LogP) is 0.944. The first kappa shape index (κ1) is 14.5. The molecule has 4 heteroatoms. The Balaban J connectivity index is 1.95. The summed E-state index contributed by atoms with van der Waals surface area (Å²) in [5.74, 6) is 0. The fraction of sp³-hybridized carbons (Fsp3) is 0.600. The third kappa shape index (κ3) is 3.54. The van der Waals surface area contributed by atoms with Crippen molar-refractivity contribution in [3.05, 3.63) is 35.9 Å². The van der Waals surface area contributed by atoms with E-state index in [2.05, 4.69) is 11.9 Å². The molecule has 0 amide bonds. The zero-order chi connectivity index (χ0) is 13.7. The average molecular weight is 264 g/mol. The van der Waals surface area contributed by atoms with Crippen molar-refractivity contribution >= 4 is 0 Å². The van der Waals surface area contributed by atoms with Crippen LogP contribution in [0.15, 0.2) is 30.3 Å². The van der Waals surface area contributed by atoms with Crippen molar-refractivity contribution in [1.29, 1.82) is 0 Å². The first-order valence-corrected chi connectivity index (χ1v) is 6.92. The normalized spacial score (nSPS) is 22.6. The van der Waals surface area contributed by atoms with Crippen molar-refractivity contribution in [3.8, 4) is 0 Å². The summed E-state index contributed by atoms with van der Waals surface area (Å²) in [7, 11) is 2.08. The van der Waals surface area contributed by atoms with Gasteiger partial charge in [-0.15, -0.1) is 0 Å². The number of hydrogen-bond donors (Lipinski definition) is 2. The van der Waals surface area contributed by atoms with E-state index in [-0.39, 0.29) is 6.54 Å². The van der Waals surface area contributed by atoms with Gasteiger partial charge in [-0.3, -0.25) is 0 Å². The zero-order valence-corrected chi connectivity index (χ0v) is 11.6. The van der Waals surface area contributed by atoms with Crippen molar-refractivity contribution in [1.82, 2.24) is 4.90 Å². The zero-order valence-electron chi connectivity index (χ0n) is 11.6. The van der Waals surface area contributed by atoms with E-state index in [1.807, 2.05) is 30.3 Å². The van der Waals surface area contributed by atoms with Gasteiger partial charge in [-0.1, -0.05) is 30.3 Å². The van der Waals surface area contributed by atoms with Crippen molar-refractivity contribution in [3.63, 3.8) is 0 Å². The average Bonchev–Trinajstić information content (AvgIpc) is 2.99. The predicted molar refractivity (Wildman–Crippen MR) is 75.9 cm³/mol. The minimum Gasteiger partial charge on any atom is -0.384 e. The summed E-state index contributed by atoms with van der Waals surface area (Å²) < 4.78 is 5.39. The van der Waals surface area contributed by atoms with Crippen LogP contribution in [0.25, 0.3) is 0 Å². The molecule has 0 aliphatic carbocycles. The van der Waals surface area contributed by atoms with Gasteiger partial charge in [-0.2, -0.15) is 0 Å². The summed E-state index contributed by atoms with van der Waals surface area (Å²) in [6, 6.07) is 10.2. The lowest BCUT2D eigenvalue weighted by Crippen LogP contribution is -2.41. The van der Waals surface area contributed by atoms with Gasteiger partial charge in [0.15, 0.2) is 0 Å². The van der Waals surface area contributed by atoms with E-state index < -0.39 is 5.60 Å². The number of aliphatic hydroxyl groups is 1. The molecular formula is C15H24N2O2. The Hall–Kier alpha value is -0.940. The van der Waals surface area contributed by atoms with Crippen LogP contribution in [0.5, 0.6) is 0 Å². The molecule has 106 valence electrons. The van der Waals surface area contributed by atoms with Crippen LogP contribution in [0.4, 0.5) is 0 Å². The molecule has 0 spiro atoms. The van der Waals surface area contributed by atoms with Crippen LogP contribution in [-0.4, -0.2) is 49.4 Å². The molecule has 1 saturated heterocycles. The van der Waals surface area contributed by atoms with E-state index in [1.165, 1.54) is 0 Å². The third-order valence-electron chi connectivity index (χ3n) is 4.06. The number of nitrogens with two attached hydrogens (primary N) is 1. The summed E-state index contributed by atoms with van der Waals surface area (Å²) in [5, 5.41) is 10.7. The molecule has 2 unspecified atom stereocenters. The Morgan fingerprint density at radius 3 is 2.74 bits per heavy atom. The summed E-state index contributed by atoms with van der Waals surface area (Å²) in [6.07, 6.45) is 1.71. The van der Waals surface area contributed by atoms with Crippen LogP contribution >= 0.6 is 0 Å². The van der Waals surface area contributed by atoms with Gasteiger partial charge >= 0.3 is 0 Å². The van der Waals surface area contributed by atoms with Crippen LogP contribution in [-0.2, 0) is 10.3 Å². The smallest absolute Gasteiger partial charge is 0.103 e. The Bertz CT molecular complexity index is 379. The van der Waals surface area contributed by atoms with Crippen LogP contribution < -0.4 is 5.73 Å². The van der Waals surface area contributed by atoms with E-state index >= 15 is 0 Å². The molecular weight excluding hydrogens is 240 g/mol. The largest absolute Gasteiger partial charge is 0.384 e. The van der Waals surface area contributed by atoms with Gasteiger partial charge in [0.2, 0.25) is 0 Å². The van der Waals surface area contributed by atoms with Crippen LogP contribution in [0.1, 0.15) is 18.4 Å². The lowest BCUT2D eigenvalue weighted by molar-refractivity contribution is 0.0235. The molecule has 1 heterocycles. The van der Waals surface area contributed by atoms with E-state index in [0.717, 1.165) is 31.7 Å². The molecule has 19 heavy (non-hydrogen) atoms. The molecule has 0 saturated carbocycles. The highest BCUT2D eigenvalue weighted by molar-refractivity contribution is 5.22. The SMILES string of the molecule is CN(CCC(O)(CN)c1ccccc1)C1CCOC1. The van der Waals surface area contributed by atoms with Crippen molar-refractivity contribution in [2.24, 2.45) is 5.73 Å². The molecule has 1 fully saturated rings. The van der Waals surface area contributed by atoms with Gasteiger partial charge < -0.3 is 20.5 Å². The second kappa shape index (κ2) is 6.48. The number of rotatable bonds is 6. The quantitative estimate of drug-likeness (QED) is 0.803. The first-order valence-electron chi connectivity index (χ1n) is 6.92. The fourth-order valence-corrected chi connectivity index (χ4v) is 2.53. The Morgan fingerprint density at radius 1 is 1.42 bits per heavy atom. The monoisotopic (exact) mass is 264 g/mol. The van der Waals surface area contributed by atoms with Crippen LogP contribution in [0.2, 0.25) is 0 Å². The highest BCUT2D eigenvalue weighted by Gasteiger charge is 2.29. The number of likely N-dealkylation sites (N-methyl/N-ethyl adjacent to an activating group) is 1. The number of nitrogens with zero attached hydrogens (tertiary/aromatic N) is 1. The molecule has 1 aliphatic rings. The topological polar surface area (TPSA) is 58.7 Å². The molecule has 0 radical (unpaired) electrons. The maximum Gasteiger partial charge on any atom is 0.103 e. The maximum absolute atomic E-state index is 10.7. The minimum absolute atomic E-state index is 0.242. The first-order chi connectivity index (χ1) is 9.15. The molecule has 1 aliphatic heterocycles. The molecule has 3 N–H and O–H groups in total. The second-order valence-corrected chi connectivity index (χ2v) is 5.35. The number of benzene rings is 1. The van der Waals surface area contributed by atoms with Gasteiger partial charge in [-0.25, -0.2) is 0 Å². The maximum atomic E-state index is 10.7. The van der Waals surface area contributed by atoms with Gasteiger partial charge in [0.25, 0.3) is 0 Å². The van der Waals surface area contributed by atoms with Gasteiger partial charge in [-0.05, 0) is 25.5 Å². The number of hydrogen-bond acceptors (Lipinski definition) is 4. The molecule has 1 aromatic rings. The second-order valence-electron chi connectivity index (χ2n) is 5.35. The Morgan fingerprint density at radius 2 is 2.16 bits per heavy atom. The van der Waals surface area contributed by atoms with E-state index in [9.17, 15) is 5.11 Å². The van der Waals surface area contributed by atoms with Crippen LogP contribution in [0, 0.1) is 0 Å². The lowest BCUT2D eigenvalue weighted by atomic mass is 9.90. The van der Waals surface area contributed by atoms with E-state index in [0.29, 0.717) is 12.5 Å². The summed E-state index contributed by atoms with van der Waals surface area (Å²) >= 11 is 0. The van der Waals surface area contributed by atoms with Crippen molar-refractivity contribution < 1.29 is 9.84 Å². The minimum atomic E-state index is -0.936. The van der Waals surface area contributed by atoms with Gasteiger partial charge in [0.1, 0.15) is 5.60 Å². The molecule has 1 aromatic carbocycles. The number of ether oxygens (including phenoxy) is 1. The Kier molecular flexibility index (Phi) is 4.93. The lowest BCUT2D eigenvalue weighted by Gasteiger charge is -2.31. The molecule has 2 rings (SSSR count). The molecule has 0 aromatic heterocycles. The molecule has 0 bridgehead atoms. The summed E-state index contributed by atoms with van der Waals surface area (Å²) in [6.45, 7) is 2.69. The van der Waals surface area contributed by atoms with Gasteiger partial charge in [0.05, 0.1) is 6.61 Å². The summed E-state index contributed by atoms with van der Waals surface area (Å²) in [4.78, 5) is 2.26. The van der Waals surface area contributed by atoms with E-state index in [1.54, 1.807) is 0 Å². The van der Waals surface area contributed by atoms with Crippen molar-refractivity contribution in [2.45, 2.75) is 24.5 Å². The highest BCUT2D eigenvalue weighted by atomic mass is 16.5. The van der Waals surface area contributed by atoms with Crippen LogP contribution in [0.3, 0.4) is 0 Å². The van der Waals surface area contributed by atoms with E-state index in [4.69, 9.17) is 10.5 Å². The standard InChI is InChI=1S/C15H24N2O2/c1-17(14-7-10-19-11-14)9-8-15(18,12-16)13-5-3-2-4-6-13/h2-6,14,18H,7-12,16H2,1H3. The highest BCUT2D eigenvalue weighted by Crippen LogP contribution is 2.24. The van der Waals surface area contributed by atoms with Gasteiger partial charge in [0, 0.05) is 25.7 Å². The fourth-order valence-electron chi connectivity index (χ4n) is 2.53. The third-order valence-corrected chi connectivity index (χ3v) is 4.06.